The Labute approximate surface area is 118 Å². The minimum atomic E-state index is -0.202. The van der Waals surface area contributed by atoms with Crippen LogP contribution in [0.25, 0.3) is 0 Å². The van der Waals surface area contributed by atoms with E-state index in [0.29, 0.717) is 5.84 Å². The summed E-state index contributed by atoms with van der Waals surface area (Å²) in [6, 6.07) is 0. The van der Waals surface area contributed by atoms with Crippen LogP contribution >= 0.6 is 0 Å². The van der Waals surface area contributed by atoms with Crippen LogP contribution in [0.2, 0.25) is 0 Å². The van der Waals surface area contributed by atoms with Crippen molar-refractivity contribution in [3.05, 3.63) is 0 Å². The second-order valence-corrected chi connectivity index (χ2v) is 6.47. The summed E-state index contributed by atoms with van der Waals surface area (Å²) in [5.41, 5.74) is 5.45. The zero-order valence-corrected chi connectivity index (χ0v) is 13.2. The molecule has 0 aliphatic carbocycles. The van der Waals surface area contributed by atoms with Gasteiger partial charge in [-0.3, -0.25) is 0 Å². The van der Waals surface area contributed by atoms with Crippen LogP contribution in [-0.4, -0.2) is 24.1 Å². The second-order valence-electron chi connectivity index (χ2n) is 6.47. The lowest BCUT2D eigenvalue weighted by molar-refractivity contribution is 0.304. The Bertz CT molecular complexity index is 250. The van der Waals surface area contributed by atoms with Crippen LogP contribution in [0.4, 0.5) is 0 Å². The molecule has 0 heterocycles. The highest BCUT2D eigenvalue weighted by atomic mass is 16.4. The third-order valence-corrected chi connectivity index (χ3v) is 3.59. The molecular weight excluding hydrogens is 238 g/mol. The molecule has 0 aromatic heterocycles. The molecule has 4 nitrogen and oxygen atoms in total. The van der Waals surface area contributed by atoms with Gasteiger partial charge in [0.25, 0.3) is 0 Å². The lowest BCUT2D eigenvalue weighted by Gasteiger charge is -2.22. The van der Waals surface area contributed by atoms with Gasteiger partial charge < -0.3 is 16.3 Å². The molecule has 0 aromatic carbocycles. The van der Waals surface area contributed by atoms with Gasteiger partial charge in [0.05, 0.1) is 0 Å². The molecule has 0 atom stereocenters. The van der Waals surface area contributed by atoms with E-state index in [2.05, 4.69) is 24.3 Å². The van der Waals surface area contributed by atoms with E-state index in [4.69, 9.17) is 10.9 Å². The molecule has 0 radical (unpaired) electrons. The fraction of sp³-hybridized carbons (Fsp3) is 0.933. The molecule has 0 spiro atoms. The van der Waals surface area contributed by atoms with E-state index in [1.54, 1.807) is 0 Å². The third-order valence-electron chi connectivity index (χ3n) is 3.59. The van der Waals surface area contributed by atoms with Crippen molar-refractivity contribution in [3.63, 3.8) is 0 Å². The number of nitrogens with two attached hydrogens (primary N) is 1. The van der Waals surface area contributed by atoms with Crippen molar-refractivity contribution in [2.24, 2.45) is 22.2 Å². The van der Waals surface area contributed by atoms with Gasteiger partial charge in [-0.15, -0.1) is 0 Å². The van der Waals surface area contributed by atoms with Crippen molar-refractivity contribution in [3.8, 4) is 0 Å². The van der Waals surface area contributed by atoms with Gasteiger partial charge in [-0.2, -0.15) is 0 Å². The summed E-state index contributed by atoms with van der Waals surface area (Å²) >= 11 is 0. The molecule has 0 unspecified atom stereocenters. The van der Waals surface area contributed by atoms with Crippen LogP contribution in [-0.2, 0) is 0 Å². The van der Waals surface area contributed by atoms with Gasteiger partial charge in [-0.05, 0) is 38.3 Å². The summed E-state index contributed by atoms with van der Waals surface area (Å²) in [6.07, 6.45) is 7.12. The van der Waals surface area contributed by atoms with Crippen molar-refractivity contribution < 1.29 is 5.21 Å². The molecule has 4 N–H and O–H groups in total. The van der Waals surface area contributed by atoms with E-state index in [-0.39, 0.29) is 5.41 Å². The first kappa shape index (κ1) is 18.2. The number of hydrogen-bond donors (Lipinski definition) is 3. The van der Waals surface area contributed by atoms with Gasteiger partial charge in [-0.1, -0.05) is 52.1 Å². The lowest BCUT2D eigenvalue weighted by atomic mass is 9.86. The third kappa shape index (κ3) is 9.77. The van der Waals surface area contributed by atoms with Gasteiger partial charge >= 0.3 is 0 Å². The highest BCUT2D eigenvalue weighted by Gasteiger charge is 2.22. The summed E-state index contributed by atoms with van der Waals surface area (Å²) in [5.74, 6) is 1.15. The van der Waals surface area contributed by atoms with Crippen LogP contribution in [0.5, 0.6) is 0 Å². The first-order valence-corrected chi connectivity index (χ1v) is 7.59. The fourth-order valence-electron chi connectivity index (χ4n) is 2.01. The summed E-state index contributed by atoms with van der Waals surface area (Å²) in [7, 11) is 0. The second kappa shape index (κ2) is 10.1. The van der Waals surface area contributed by atoms with Crippen molar-refractivity contribution in [2.75, 3.05) is 13.1 Å². The van der Waals surface area contributed by atoms with Crippen molar-refractivity contribution >= 4 is 5.84 Å². The summed E-state index contributed by atoms with van der Waals surface area (Å²) in [6.45, 7) is 10.8. The Kier molecular flexibility index (Phi) is 9.66. The Hall–Kier alpha value is -0.770. The number of nitrogens with one attached hydrogen (secondary N) is 1. The molecule has 0 rings (SSSR count). The molecule has 0 aromatic rings. The largest absolute Gasteiger partial charge is 0.409 e. The molecular formula is C15H33N3O. The number of hydrogen-bond acceptors (Lipinski definition) is 3. The van der Waals surface area contributed by atoms with Crippen LogP contribution in [0.3, 0.4) is 0 Å². The maximum atomic E-state index is 8.68. The molecule has 0 aliphatic rings. The number of amidine groups is 1. The molecule has 4 heteroatoms. The smallest absolute Gasteiger partial charge is 0.144 e. The molecule has 0 bridgehead atoms. The van der Waals surface area contributed by atoms with Crippen LogP contribution in [0.15, 0.2) is 5.16 Å². The molecule has 19 heavy (non-hydrogen) atoms. The zero-order valence-electron chi connectivity index (χ0n) is 13.2. The highest BCUT2D eigenvalue weighted by Crippen LogP contribution is 2.23. The predicted octanol–water partition coefficient (Wildman–Crippen LogP) is 3.35. The van der Waals surface area contributed by atoms with Gasteiger partial charge in [0, 0.05) is 5.41 Å². The van der Waals surface area contributed by atoms with Crippen LogP contribution in [0.1, 0.15) is 66.2 Å². The Morgan fingerprint density at radius 2 is 1.74 bits per heavy atom. The maximum Gasteiger partial charge on any atom is 0.144 e. The first-order chi connectivity index (χ1) is 8.90. The van der Waals surface area contributed by atoms with Crippen LogP contribution in [0, 0.1) is 11.3 Å². The van der Waals surface area contributed by atoms with E-state index in [0.717, 1.165) is 38.3 Å². The molecule has 0 fully saturated rings. The topological polar surface area (TPSA) is 70.6 Å². The SMILES string of the molecule is CC(C)CCCCNCCCCC(C)(C)C(N)=NO. The van der Waals surface area contributed by atoms with E-state index >= 15 is 0 Å². The standard InChI is InChI=1S/C15H33N3O/c1-13(2)9-5-7-11-17-12-8-6-10-15(3,4)14(16)18-19/h13,17,19H,5-12H2,1-4H3,(H2,16,18). The molecule has 0 saturated carbocycles. The first-order valence-electron chi connectivity index (χ1n) is 7.59. The quantitative estimate of drug-likeness (QED) is 0.177. The number of oxime groups is 1. The van der Waals surface area contributed by atoms with Gasteiger partial charge in [0.15, 0.2) is 0 Å². The Morgan fingerprint density at radius 3 is 2.26 bits per heavy atom. The van der Waals surface area contributed by atoms with Crippen molar-refractivity contribution in [1.29, 1.82) is 0 Å². The average molecular weight is 271 g/mol. The van der Waals surface area contributed by atoms with E-state index in [9.17, 15) is 0 Å². The molecule has 0 saturated heterocycles. The zero-order chi connectivity index (χ0) is 14.7. The number of rotatable bonds is 11. The highest BCUT2D eigenvalue weighted by molar-refractivity contribution is 5.85. The number of nitrogens with zero attached hydrogens (tertiary/aromatic N) is 1. The molecule has 0 aliphatic heterocycles. The Morgan fingerprint density at radius 1 is 1.16 bits per heavy atom. The maximum absolute atomic E-state index is 8.68. The van der Waals surface area contributed by atoms with Gasteiger partial charge in [0.1, 0.15) is 5.84 Å². The lowest BCUT2D eigenvalue weighted by Crippen LogP contribution is -2.32. The van der Waals surface area contributed by atoms with Crippen LogP contribution < -0.4 is 11.1 Å². The van der Waals surface area contributed by atoms with E-state index < -0.39 is 0 Å². The summed E-state index contributed by atoms with van der Waals surface area (Å²) in [5, 5.41) is 15.3. The summed E-state index contributed by atoms with van der Waals surface area (Å²) in [4.78, 5) is 0. The Balaban J connectivity index is 3.41. The molecule has 0 amide bonds. The monoisotopic (exact) mass is 271 g/mol. The van der Waals surface area contributed by atoms with E-state index in [1.807, 2.05) is 13.8 Å². The minimum absolute atomic E-state index is 0.202. The van der Waals surface area contributed by atoms with Gasteiger partial charge in [-0.25, -0.2) is 0 Å². The summed E-state index contributed by atoms with van der Waals surface area (Å²) < 4.78 is 0. The van der Waals surface area contributed by atoms with Gasteiger partial charge in [0.2, 0.25) is 0 Å². The van der Waals surface area contributed by atoms with Crippen molar-refractivity contribution in [2.45, 2.75) is 66.2 Å². The fourth-order valence-corrected chi connectivity index (χ4v) is 2.01. The van der Waals surface area contributed by atoms with Crippen molar-refractivity contribution in [1.82, 2.24) is 5.32 Å². The van der Waals surface area contributed by atoms with E-state index in [1.165, 1.54) is 19.3 Å². The minimum Gasteiger partial charge on any atom is -0.409 e. The predicted molar refractivity (Wildman–Crippen MR) is 82.6 cm³/mol. The normalized spacial score (nSPS) is 13.2. The number of unbranched alkanes of at least 4 members (excludes halogenated alkanes) is 2. The molecule has 114 valence electrons. The average Bonchev–Trinajstić information content (AvgIpc) is 2.35.